The Labute approximate surface area is 93.1 Å². The zero-order valence-corrected chi connectivity index (χ0v) is 9.23. The first-order valence-corrected chi connectivity index (χ1v) is 4.96. The highest BCUT2D eigenvalue weighted by Gasteiger charge is 2.09. The molecule has 0 radical (unpaired) electrons. The minimum atomic E-state index is -0.938. The third-order valence-electron chi connectivity index (χ3n) is 2.39. The van der Waals surface area contributed by atoms with Gasteiger partial charge in [-0.1, -0.05) is 0 Å². The Bertz CT molecular complexity index is 528. The fourth-order valence-corrected chi connectivity index (χ4v) is 1.68. The Balaban J connectivity index is 2.46. The summed E-state index contributed by atoms with van der Waals surface area (Å²) in [5.41, 5.74) is 1.94. The monoisotopic (exact) mass is 219 g/mol. The van der Waals surface area contributed by atoms with E-state index in [1.165, 1.54) is 0 Å². The molecule has 1 aromatic carbocycles. The quantitative estimate of drug-likeness (QED) is 0.859. The van der Waals surface area contributed by atoms with Gasteiger partial charge in [0.1, 0.15) is 5.58 Å². The summed E-state index contributed by atoms with van der Waals surface area (Å²) in [4.78, 5) is 12.8. The van der Waals surface area contributed by atoms with Crippen molar-refractivity contribution >= 4 is 16.9 Å². The van der Waals surface area contributed by atoms with Crippen molar-refractivity contribution in [1.82, 2.24) is 4.90 Å². The third kappa shape index (κ3) is 1.92. The number of furan rings is 1. The van der Waals surface area contributed by atoms with Crippen LogP contribution in [-0.4, -0.2) is 30.1 Å². The summed E-state index contributed by atoms with van der Waals surface area (Å²) in [6, 6.07) is 4.94. The fraction of sp³-hybridized carbons (Fsp3) is 0.250. The molecule has 0 unspecified atom stereocenters. The van der Waals surface area contributed by atoms with Gasteiger partial charge in [0.2, 0.25) is 0 Å². The van der Waals surface area contributed by atoms with Gasteiger partial charge in [-0.05, 0) is 32.3 Å². The Kier molecular flexibility index (Phi) is 2.66. The van der Waals surface area contributed by atoms with E-state index in [0.29, 0.717) is 5.58 Å². The van der Waals surface area contributed by atoms with E-state index < -0.39 is 5.97 Å². The molecule has 0 aliphatic heterocycles. The number of aromatic carboxylic acids is 1. The van der Waals surface area contributed by atoms with Crippen molar-refractivity contribution in [2.45, 2.75) is 6.54 Å². The molecular formula is C12H13NO3. The van der Waals surface area contributed by atoms with Gasteiger partial charge in [-0.2, -0.15) is 0 Å². The van der Waals surface area contributed by atoms with Crippen LogP contribution in [0.3, 0.4) is 0 Å². The van der Waals surface area contributed by atoms with Gasteiger partial charge < -0.3 is 14.4 Å². The molecule has 0 atom stereocenters. The second kappa shape index (κ2) is 3.98. The summed E-state index contributed by atoms with van der Waals surface area (Å²) in [5, 5.41) is 9.82. The van der Waals surface area contributed by atoms with E-state index in [0.717, 1.165) is 17.5 Å². The second-order valence-corrected chi connectivity index (χ2v) is 4.01. The molecule has 0 saturated heterocycles. The molecule has 0 bridgehead atoms. The molecule has 0 fully saturated rings. The lowest BCUT2D eigenvalue weighted by molar-refractivity contribution is 0.0697. The normalized spacial score (nSPS) is 11.2. The van der Waals surface area contributed by atoms with Crippen molar-refractivity contribution in [3.05, 3.63) is 35.6 Å². The highest BCUT2D eigenvalue weighted by Crippen LogP contribution is 2.23. The van der Waals surface area contributed by atoms with Crippen molar-refractivity contribution in [3.8, 4) is 0 Å². The lowest BCUT2D eigenvalue weighted by atomic mass is 10.1. The van der Waals surface area contributed by atoms with Gasteiger partial charge in [-0.3, -0.25) is 0 Å². The molecule has 0 spiro atoms. The lowest BCUT2D eigenvalue weighted by Gasteiger charge is -2.06. The van der Waals surface area contributed by atoms with Gasteiger partial charge in [-0.15, -0.1) is 0 Å². The van der Waals surface area contributed by atoms with Gasteiger partial charge in [0.15, 0.2) is 0 Å². The van der Waals surface area contributed by atoms with Crippen LogP contribution in [0.5, 0.6) is 0 Å². The number of nitrogens with zero attached hydrogens (tertiary/aromatic N) is 1. The van der Waals surface area contributed by atoms with Crippen molar-refractivity contribution in [2.24, 2.45) is 0 Å². The standard InChI is InChI=1S/C12H13NO3/c1-13(2)6-9-7-16-11-5-8(12(14)15)3-4-10(9)11/h3-5,7H,6H2,1-2H3,(H,14,15). The zero-order chi connectivity index (χ0) is 11.7. The van der Waals surface area contributed by atoms with Crippen LogP contribution in [0.4, 0.5) is 0 Å². The zero-order valence-electron chi connectivity index (χ0n) is 9.23. The summed E-state index contributed by atoms with van der Waals surface area (Å²) in [7, 11) is 3.95. The van der Waals surface area contributed by atoms with E-state index in [4.69, 9.17) is 9.52 Å². The summed E-state index contributed by atoms with van der Waals surface area (Å²) in [6.45, 7) is 0.777. The van der Waals surface area contributed by atoms with E-state index in [2.05, 4.69) is 0 Å². The number of carbonyl (C=O) groups is 1. The maximum absolute atomic E-state index is 10.8. The molecule has 1 aromatic heterocycles. The molecule has 0 aliphatic carbocycles. The van der Waals surface area contributed by atoms with Gasteiger partial charge in [0.25, 0.3) is 0 Å². The minimum Gasteiger partial charge on any atom is -0.478 e. The predicted octanol–water partition coefficient (Wildman–Crippen LogP) is 2.19. The smallest absolute Gasteiger partial charge is 0.335 e. The van der Waals surface area contributed by atoms with E-state index in [1.54, 1.807) is 24.5 Å². The molecule has 4 nitrogen and oxygen atoms in total. The number of benzene rings is 1. The summed E-state index contributed by atoms with van der Waals surface area (Å²) < 4.78 is 5.35. The molecule has 0 aliphatic rings. The van der Waals surface area contributed by atoms with Gasteiger partial charge >= 0.3 is 5.97 Å². The van der Waals surface area contributed by atoms with E-state index in [1.807, 2.05) is 19.0 Å². The van der Waals surface area contributed by atoms with Crippen LogP contribution in [0.25, 0.3) is 11.0 Å². The molecule has 0 saturated carbocycles. The molecule has 2 aromatic rings. The van der Waals surface area contributed by atoms with E-state index in [-0.39, 0.29) is 5.56 Å². The number of rotatable bonds is 3. The molecular weight excluding hydrogens is 206 g/mol. The van der Waals surface area contributed by atoms with Crippen LogP contribution in [0.1, 0.15) is 15.9 Å². The van der Waals surface area contributed by atoms with Crippen LogP contribution >= 0.6 is 0 Å². The van der Waals surface area contributed by atoms with Crippen molar-refractivity contribution in [1.29, 1.82) is 0 Å². The lowest BCUT2D eigenvalue weighted by Crippen LogP contribution is -2.10. The minimum absolute atomic E-state index is 0.248. The van der Waals surface area contributed by atoms with Crippen LogP contribution in [-0.2, 0) is 6.54 Å². The Morgan fingerprint density at radius 2 is 2.19 bits per heavy atom. The first-order chi connectivity index (χ1) is 7.58. The predicted molar refractivity (Wildman–Crippen MR) is 60.6 cm³/mol. The summed E-state index contributed by atoms with van der Waals surface area (Å²) >= 11 is 0. The molecule has 4 heteroatoms. The van der Waals surface area contributed by atoms with Crippen molar-refractivity contribution in [2.75, 3.05) is 14.1 Å². The molecule has 2 rings (SSSR count). The van der Waals surface area contributed by atoms with Crippen LogP contribution < -0.4 is 0 Å². The van der Waals surface area contributed by atoms with Gasteiger partial charge in [0, 0.05) is 17.5 Å². The van der Waals surface area contributed by atoms with Crippen molar-refractivity contribution in [3.63, 3.8) is 0 Å². The van der Waals surface area contributed by atoms with Crippen molar-refractivity contribution < 1.29 is 14.3 Å². The topological polar surface area (TPSA) is 53.7 Å². The average molecular weight is 219 g/mol. The summed E-state index contributed by atoms with van der Waals surface area (Å²) in [5.74, 6) is -0.938. The van der Waals surface area contributed by atoms with Crippen LogP contribution in [0.15, 0.2) is 28.9 Å². The average Bonchev–Trinajstić information content (AvgIpc) is 2.60. The molecule has 1 N–H and O–H groups in total. The van der Waals surface area contributed by atoms with Gasteiger partial charge in [-0.25, -0.2) is 4.79 Å². The molecule has 84 valence electrons. The number of hydrogen-bond donors (Lipinski definition) is 1. The number of carboxylic acids is 1. The summed E-state index contributed by atoms with van der Waals surface area (Å²) in [6.07, 6.45) is 1.68. The van der Waals surface area contributed by atoms with Crippen LogP contribution in [0.2, 0.25) is 0 Å². The number of hydrogen-bond acceptors (Lipinski definition) is 3. The first-order valence-electron chi connectivity index (χ1n) is 4.96. The SMILES string of the molecule is CN(C)Cc1coc2cc(C(=O)O)ccc12. The Hall–Kier alpha value is -1.81. The first kappa shape index (κ1) is 10.7. The third-order valence-corrected chi connectivity index (χ3v) is 2.39. The van der Waals surface area contributed by atoms with E-state index in [9.17, 15) is 4.79 Å². The highest BCUT2D eigenvalue weighted by molar-refractivity contribution is 5.93. The second-order valence-electron chi connectivity index (χ2n) is 4.01. The number of fused-ring (bicyclic) bond motifs is 1. The largest absolute Gasteiger partial charge is 0.478 e. The van der Waals surface area contributed by atoms with Gasteiger partial charge in [0.05, 0.1) is 11.8 Å². The highest BCUT2D eigenvalue weighted by atomic mass is 16.4. The molecule has 0 amide bonds. The fourth-order valence-electron chi connectivity index (χ4n) is 1.68. The Morgan fingerprint density at radius 1 is 1.44 bits per heavy atom. The maximum atomic E-state index is 10.8. The number of carboxylic acid groups (broad SMARTS) is 1. The van der Waals surface area contributed by atoms with E-state index >= 15 is 0 Å². The maximum Gasteiger partial charge on any atom is 0.335 e. The molecule has 16 heavy (non-hydrogen) atoms. The molecule has 1 heterocycles. The Morgan fingerprint density at radius 3 is 2.81 bits per heavy atom. The van der Waals surface area contributed by atoms with Crippen LogP contribution in [0, 0.1) is 0 Å².